The fraction of sp³-hybridized carbons (Fsp3) is 0.727. The van der Waals surface area contributed by atoms with E-state index in [1.54, 1.807) is 0 Å². The molecule has 3 heteroatoms. The number of rotatable bonds is 4. The van der Waals surface area contributed by atoms with Crippen LogP contribution in [-0.2, 0) is 0 Å². The summed E-state index contributed by atoms with van der Waals surface area (Å²) in [6, 6.07) is 0.510. The molecule has 0 aliphatic carbocycles. The fourth-order valence-corrected chi connectivity index (χ4v) is 2.18. The SMILES string of the molecule is CCCC(C)n1c(C(C)C)c[nH]c1=S. The summed E-state index contributed by atoms with van der Waals surface area (Å²) in [6.07, 6.45) is 4.43. The molecular weight excluding hydrogens is 192 g/mol. The van der Waals surface area contributed by atoms with Gasteiger partial charge in [0.2, 0.25) is 0 Å². The smallest absolute Gasteiger partial charge is 0.177 e. The average Bonchev–Trinajstić information content (AvgIpc) is 2.47. The van der Waals surface area contributed by atoms with Crippen LogP contribution in [0.1, 0.15) is 58.2 Å². The Morgan fingerprint density at radius 1 is 1.43 bits per heavy atom. The van der Waals surface area contributed by atoms with Crippen LogP contribution in [0.25, 0.3) is 0 Å². The van der Waals surface area contributed by atoms with Gasteiger partial charge in [-0.15, -0.1) is 0 Å². The van der Waals surface area contributed by atoms with Crippen LogP contribution in [-0.4, -0.2) is 9.55 Å². The monoisotopic (exact) mass is 212 g/mol. The zero-order valence-electron chi connectivity index (χ0n) is 9.50. The van der Waals surface area contributed by atoms with Gasteiger partial charge in [0, 0.05) is 17.9 Å². The van der Waals surface area contributed by atoms with Gasteiger partial charge >= 0.3 is 0 Å². The Morgan fingerprint density at radius 2 is 2.07 bits per heavy atom. The largest absolute Gasteiger partial charge is 0.337 e. The van der Waals surface area contributed by atoms with Crippen molar-refractivity contribution in [3.8, 4) is 0 Å². The maximum absolute atomic E-state index is 5.29. The van der Waals surface area contributed by atoms with E-state index in [1.165, 1.54) is 18.5 Å². The number of hydrogen-bond acceptors (Lipinski definition) is 1. The van der Waals surface area contributed by atoms with Gasteiger partial charge in [0.15, 0.2) is 4.77 Å². The molecule has 1 aromatic heterocycles. The highest BCUT2D eigenvalue weighted by molar-refractivity contribution is 7.71. The van der Waals surface area contributed by atoms with E-state index >= 15 is 0 Å². The van der Waals surface area contributed by atoms with Crippen molar-refractivity contribution in [3.05, 3.63) is 16.7 Å². The fourth-order valence-electron chi connectivity index (χ4n) is 1.84. The lowest BCUT2D eigenvalue weighted by molar-refractivity contribution is 0.473. The molecule has 0 amide bonds. The number of hydrogen-bond donors (Lipinski definition) is 1. The Morgan fingerprint density at radius 3 is 2.57 bits per heavy atom. The number of nitrogens with one attached hydrogen (secondary N) is 1. The van der Waals surface area contributed by atoms with Crippen molar-refractivity contribution >= 4 is 12.2 Å². The highest BCUT2D eigenvalue weighted by Crippen LogP contribution is 2.22. The Hall–Kier alpha value is -0.570. The summed E-state index contributed by atoms with van der Waals surface area (Å²) in [5, 5.41) is 0. The first-order valence-electron chi connectivity index (χ1n) is 5.37. The molecule has 1 aromatic rings. The zero-order valence-corrected chi connectivity index (χ0v) is 10.3. The summed E-state index contributed by atoms with van der Waals surface area (Å²) in [4.78, 5) is 3.14. The van der Waals surface area contributed by atoms with Crippen LogP contribution >= 0.6 is 12.2 Å². The average molecular weight is 212 g/mol. The molecule has 1 heterocycles. The van der Waals surface area contributed by atoms with E-state index in [9.17, 15) is 0 Å². The molecule has 80 valence electrons. The molecule has 2 nitrogen and oxygen atoms in total. The summed E-state index contributed by atoms with van der Waals surface area (Å²) < 4.78 is 3.11. The highest BCUT2D eigenvalue weighted by atomic mass is 32.1. The van der Waals surface area contributed by atoms with E-state index in [1.807, 2.05) is 6.20 Å². The van der Waals surface area contributed by atoms with E-state index in [-0.39, 0.29) is 0 Å². The molecule has 1 unspecified atom stereocenters. The number of imidazole rings is 1. The first-order valence-corrected chi connectivity index (χ1v) is 5.78. The summed E-state index contributed by atoms with van der Waals surface area (Å²) in [7, 11) is 0. The van der Waals surface area contributed by atoms with Crippen LogP contribution < -0.4 is 0 Å². The van der Waals surface area contributed by atoms with Crippen molar-refractivity contribution in [2.24, 2.45) is 0 Å². The third-order valence-corrected chi connectivity index (χ3v) is 2.89. The first-order chi connectivity index (χ1) is 6.57. The second-order valence-electron chi connectivity index (χ2n) is 4.18. The normalized spacial score (nSPS) is 13.5. The van der Waals surface area contributed by atoms with Crippen LogP contribution in [0.4, 0.5) is 0 Å². The summed E-state index contributed by atoms with van der Waals surface area (Å²) in [5.74, 6) is 0.530. The molecule has 0 saturated heterocycles. The van der Waals surface area contributed by atoms with Gasteiger partial charge in [0.25, 0.3) is 0 Å². The highest BCUT2D eigenvalue weighted by Gasteiger charge is 2.12. The van der Waals surface area contributed by atoms with Crippen molar-refractivity contribution < 1.29 is 0 Å². The Bertz CT molecular complexity index is 335. The number of aromatic nitrogens is 2. The van der Waals surface area contributed by atoms with E-state index in [0.717, 1.165) is 4.77 Å². The van der Waals surface area contributed by atoms with Gasteiger partial charge in [-0.05, 0) is 31.5 Å². The molecule has 0 fully saturated rings. The third kappa shape index (κ3) is 2.27. The van der Waals surface area contributed by atoms with Gasteiger partial charge in [0.1, 0.15) is 0 Å². The molecular formula is C11H20N2S. The molecule has 0 saturated carbocycles. The summed E-state index contributed by atoms with van der Waals surface area (Å²) >= 11 is 5.29. The molecule has 0 spiro atoms. The lowest BCUT2D eigenvalue weighted by Gasteiger charge is -2.17. The molecule has 0 radical (unpaired) electrons. The minimum Gasteiger partial charge on any atom is -0.337 e. The van der Waals surface area contributed by atoms with E-state index in [2.05, 4.69) is 37.2 Å². The lowest BCUT2D eigenvalue weighted by atomic mass is 10.1. The van der Waals surface area contributed by atoms with Crippen molar-refractivity contribution in [1.82, 2.24) is 9.55 Å². The Kier molecular flexibility index (Phi) is 3.93. The maximum atomic E-state index is 5.29. The van der Waals surface area contributed by atoms with E-state index in [4.69, 9.17) is 12.2 Å². The maximum Gasteiger partial charge on any atom is 0.177 e. The number of nitrogens with zero attached hydrogens (tertiary/aromatic N) is 1. The summed E-state index contributed by atoms with van der Waals surface area (Å²) in [5.41, 5.74) is 1.32. The van der Waals surface area contributed by atoms with Crippen molar-refractivity contribution in [3.63, 3.8) is 0 Å². The first kappa shape index (κ1) is 11.5. The summed E-state index contributed by atoms with van der Waals surface area (Å²) in [6.45, 7) is 8.85. The lowest BCUT2D eigenvalue weighted by Crippen LogP contribution is -2.09. The topological polar surface area (TPSA) is 20.7 Å². The van der Waals surface area contributed by atoms with Crippen LogP contribution in [0.15, 0.2) is 6.20 Å². The molecule has 1 rings (SSSR count). The number of aromatic amines is 1. The van der Waals surface area contributed by atoms with Gasteiger partial charge in [-0.25, -0.2) is 0 Å². The number of H-pyrrole nitrogens is 1. The van der Waals surface area contributed by atoms with Gasteiger partial charge in [-0.2, -0.15) is 0 Å². The predicted octanol–water partition coefficient (Wildman–Crippen LogP) is 4.03. The Balaban J connectivity index is 3.04. The van der Waals surface area contributed by atoms with Crippen LogP contribution in [0.2, 0.25) is 0 Å². The molecule has 14 heavy (non-hydrogen) atoms. The molecule has 0 aliphatic rings. The molecule has 0 bridgehead atoms. The van der Waals surface area contributed by atoms with Gasteiger partial charge in [0.05, 0.1) is 0 Å². The van der Waals surface area contributed by atoms with Crippen LogP contribution in [0.5, 0.6) is 0 Å². The molecule has 1 N–H and O–H groups in total. The van der Waals surface area contributed by atoms with Crippen molar-refractivity contribution in [1.29, 1.82) is 0 Å². The van der Waals surface area contributed by atoms with Gasteiger partial charge < -0.3 is 9.55 Å². The van der Waals surface area contributed by atoms with Gasteiger partial charge in [-0.3, -0.25) is 0 Å². The van der Waals surface area contributed by atoms with E-state index in [0.29, 0.717) is 12.0 Å². The Labute approximate surface area is 91.3 Å². The second-order valence-corrected chi connectivity index (χ2v) is 4.57. The van der Waals surface area contributed by atoms with Crippen LogP contribution in [0, 0.1) is 4.77 Å². The van der Waals surface area contributed by atoms with Crippen molar-refractivity contribution in [2.45, 2.75) is 52.5 Å². The minimum absolute atomic E-state index is 0.510. The predicted molar refractivity (Wildman–Crippen MR) is 63.3 cm³/mol. The molecule has 1 atom stereocenters. The van der Waals surface area contributed by atoms with Crippen LogP contribution in [0.3, 0.4) is 0 Å². The van der Waals surface area contributed by atoms with E-state index < -0.39 is 0 Å². The zero-order chi connectivity index (χ0) is 10.7. The second kappa shape index (κ2) is 4.78. The standard InChI is InChI=1S/C11H20N2S/c1-5-6-9(4)13-10(8(2)3)7-12-11(13)14/h7-9H,5-6H2,1-4H3,(H,12,14). The van der Waals surface area contributed by atoms with Crippen molar-refractivity contribution in [2.75, 3.05) is 0 Å². The molecule has 0 aromatic carbocycles. The third-order valence-electron chi connectivity index (χ3n) is 2.58. The molecule has 0 aliphatic heterocycles. The quantitative estimate of drug-likeness (QED) is 0.747. The van der Waals surface area contributed by atoms with Gasteiger partial charge in [-0.1, -0.05) is 27.2 Å². The minimum atomic E-state index is 0.510.